The molecule has 1 aromatic carbocycles. The van der Waals surface area contributed by atoms with E-state index in [-0.39, 0.29) is 0 Å². The summed E-state index contributed by atoms with van der Waals surface area (Å²) in [4.78, 5) is 0. The van der Waals surface area contributed by atoms with Gasteiger partial charge in [0, 0.05) is 6.54 Å². The zero-order chi connectivity index (χ0) is 12.1. The molecule has 1 unspecified atom stereocenters. The standard InChI is InChI=1S/C16H25N/c1-13(2)11-17-12-15-9-4-3-7-14-8-5-6-10-16(14)15/h5-6,8,10,13,15,17H,3-4,7,9,11-12H2,1-2H3. The molecule has 17 heavy (non-hydrogen) atoms. The highest BCUT2D eigenvalue weighted by Gasteiger charge is 2.17. The highest BCUT2D eigenvalue weighted by atomic mass is 14.9. The highest BCUT2D eigenvalue weighted by molar-refractivity contribution is 5.31. The molecule has 1 aromatic rings. The Kier molecular flexibility index (Phi) is 4.61. The lowest BCUT2D eigenvalue weighted by Crippen LogP contribution is -2.25. The van der Waals surface area contributed by atoms with E-state index in [0.29, 0.717) is 0 Å². The Morgan fingerprint density at radius 1 is 1.24 bits per heavy atom. The van der Waals surface area contributed by atoms with Gasteiger partial charge in [0.1, 0.15) is 0 Å². The van der Waals surface area contributed by atoms with Gasteiger partial charge in [-0.25, -0.2) is 0 Å². The van der Waals surface area contributed by atoms with Gasteiger partial charge in [-0.15, -0.1) is 0 Å². The summed E-state index contributed by atoms with van der Waals surface area (Å²) < 4.78 is 0. The van der Waals surface area contributed by atoms with Gasteiger partial charge in [-0.2, -0.15) is 0 Å². The van der Waals surface area contributed by atoms with Gasteiger partial charge < -0.3 is 5.32 Å². The van der Waals surface area contributed by atoms with Crippen molar-refractivity contribution in [2.75, 3.05) is 13.1 Å². The summed E-state index contributed by atoms with van der Waals surface area (Å²) in [5, 5.41) is 3.62. The van der Waals surface area contributed by atoms with E-state index in [1.165, 1.54) is 25.7 Å². The SMILES string of the molecule is CC(C)CNCC1CCCCc2ccccc21. The van der Waals surface area contributed by atoms with E-state index in [9.17, 15) is 0 Å². The first-order valence-corrected chi connectivity index (χ1v) is 7.06. The summed E-state index contributed by atoms with van der Waals surface area (Å²) in [6.45, 7) is 6.83. The van der Waals surface area contributed by atoms with Crippen LogP contribution in [-0.4, -0.2) is 13.1 Å². The first kappa shape index (κ1) is 12.6. The highest BCUT2D eigenvalue weighted by Crippen LogP contribution is 2.29. The number of fused-ring (bicyclic) bond motifs is 1. The Labute approximate surface area is 106 Å². The Morgan fingerprint density at radius 3 is 2.88 bits per heavy atom. The molecule has 0 fully saturated rings. The number of rotatable bonds is 4. The Bertz CT molecular complexity index is 343. The minimum absolute atomic E-state index is 0.729. The van der Waals surface area contributed by atoms with Crippen LogP contribution in [-0.2, 0) is 6.42 Å². The summed E-state index contributed by atoms with van der Waals surface area (Å²) in [5.41, 5.74) is 3.18. The maximum atomic E-state index is 3.62. The van der Waals surface area contributed by atoms with Crippen LogP contribution < -0.4 is 5.32 Å². The molecule has 1 atom stereocenters. The van der Waals surface area contributed by atoms with E-state index in [1.807, 2.05) is 0 Å². The summed E-state index contributed by atoms with van der Waals surface area (Å²) in [5.74, 6) is 1.48. The zero-order valence-electron chi connectivity index (χ0n) is 11.2. The van der Waals surface area contributed by atoms with Crippen molar-refractivity contribution >= 4 is 0 Å². The van der Waals surface area contributed by atoms with Crippen molar-refractivity contribution in [1.29, 1.82) is 0 Å². The second kappa shape index (κ2) is 6.20. The number of hydrogen-bond acceptors (Lipinski definition) is 1. The lowest BCUT2D eigenvalue weighted by molar-refractivity contribution is 0.495. The quantitative estimate of drug-likeness (QED) is 0.778. The van der Waals surface area contributed by atoms with E-state index in [2.05, 4.69) is 43.4 Å². The van der Waals surface area contributed by atoms with Gasteiger partial charge >= 0.3 is 0 Å². The molecule has 1 heteroatoms. The fraction of sp³-hybridized carbons (Fsp3) is 0.625. The van der Waals surface area contributed by atoms with E-state index >= 15 is 0 Å². The molecule has 0 amide bonds. The topological polar surface area (TPSA) is 12.0 Å². The van der Waals surface area contributed by atoms with Crippen LogP contribution in [0.4, 0.5) is 0 Å². The van der Waals surface area contributed by atoms with Gasteiger partial charge in [0.15, 0.2) is 0 Å². The van der Waals surface area contributed by atoms with Crippen molar-refractivity contribution in [3.63, 3.8) is 0 Å². The molecule has 0 radical (unpaired) electrons. The largest absolute Gasteiger partial charge is 0.316 e. The molecule has 0 heterocycles. The smallest absolute Gasteiger partial charge is 0.00203 e. The molecule has 1 N–H and O–H groups in total. The van der Waals surface area contributed by atoms with E-state index in [4.69, 9.17) is 0 Å². The molecule has 0 bridgehead atoms. The average Bonchev–Trinajstić information content (AvgIpc) is 2.52. The number of benzene rings is 1. The molecule has 0 saturated carbocycles. The third-order valence-corrected chi connectivity index (χ3v) is 3.69. The first-order chi connectivity index (χ1) is 8.27. The van der Waals surface area contributed by atoms with Crippen molar-refractivity contribution < 1.29 is 0 Å². The lowest BCUT2D eigenvalue weighted by atomic mass is 9.92. The van der Waals surface area contributed by atoms with Crippen LogP contribution in [0.1, 0.15) is 50.2 Å². The van der Waals surface area contributed by atoms with Crippen LogP contribution in [0.5, 0.6) is 0 Å². The fourth-order valence-electron chi connectivity index (χ4n) is 2.78. The van der Waals surface area contributed by atoms with E-state index in [0.717, 1.165) is 24.9 Å². The van der Waals surface area contributed by atoms with Crippen LogP contribution in [0, 0.1) is 5.92 Å². The molecule has 2 rings (SSSR count). The van der Waals surface area contributed by atoms with Gasteiger partial charge in [-0.05, 0) is 48.8 Å². The zero-order valence-corrected chi connectivity index (χ0v) is 11.2. The first-order valence-electron chi connectivity index (χ1n) is 7.06. The summed E-state index contributed by atoms with van der Waals surface area (Å²) in [7, 11) is 0. The van der Waals surface area contributed by atoms with Crippen LogP contribution in [0.3, 0.4) is 0 Å². The minimum atomic E-state index is 0.729. The summed E-state index contributed by atoms with van der Waals surface area (Å²) in [6, 6.07) is 9.03. The van der Waals surface area contributed by atoms with Crippen LogP contribution in [0.15, 0.2) is 24.3 Å². The van der Waals surface area contributed by atoms with Crippen LogP contribution >= 0.6 is 0 Å². The van der Waals surface area contributed by atoms with E-state index < -0.39 is 0 Å². The van der Waals surface area contributed by atoms with Gasteiger partial charge in [0.05, 0.1) is 0 Å². The molecule has 94 valence electrons. The second-order valence-electron chi connectivity index (χ2n) is 5.69. The van der Waals surface area contributed by atoms with Crippen LogP contribution in [0.25, 0.3) is 0 Å². The molecule has 0 saturated heterocycles. The maximum Gasteiger partial charge on any atom is 0.00203 e. The lowest BCUT2D eigenvalue weighted by Gasteiger charge is -2.19. The van der Waals surface area contributed by atoms with Gasteiger partial charge in [-0.1, -0.05) is 44.5 Å². The number of hydrogen-bond donors (Lipinski definition) is 1. The van der Waals surface area contributed by atoms with Gasteiger partial charge in [-0.3, -0.25) is 0 Å². The molecular weight excluding hydrogens is 206 g/mol. The molecule has 0 spiro atoms. The Balaban J connectivity index is 2.01. The molecule has 1 aliphatic carbocycles. The Hall–Kier alpha value is -0.820. The van der Waals surface area contributed by atoms with Crippen molar-refractivity contribution in [3.8, 4) is 0 Å². The van der Waals surface area contributed by atoms with E-state index in [1.54, 1.807) is 11.1 Å². The molecular formula is C16H25N. The van der Waals surface area contributed by atoms with Crippen molar-refractivity contribution in [2.24, 2.45) is 5.92 Å². The van der Waals surface area contributed by atoms with Gasteiger partial charge in [0.25, 0.3) is 0 Å². The summed E-state index contributed by atoms with van der Waals surface area (Å²) in [6.07, 6.45) is 5.36. The molecule has 1 nitrogen and oxygen atoms in total. The Morgan fingerprint density at radius 2 is 2.06 bits per heavy atom. The van der Waals surface area contributed by atoms with Crippen molar-refractivity contribution in [1.82, 2.24) is 5.32 Å². The predicted octanol–water partition coefficient (Wildman–Crippen LogP) is 3.74. The summed E-state index contributed by atoms with van der Waals surface area (Å²) >= 11 is 0. The predicted molar refractivity (Wildman–Crippen MR) is 74.4 cm³/mol. The number of nitrogens with one attached hydrogen (secondary N) is 1. The fourth-order valence-corrected chi connectivity index (χ4v) is 2.78. The second-order valence-corrected chi connectivity index (χ2v) is 5.69. The van der Waals surface area contributed by atoms with Crippen molar-refractivity contribution in [3.05, 3.63) is 35.4 Å². The molecule has 0 aliphatic heterocycles. The monoisotopic (exact) mass is 231 g/mol. The van der Waals surface area contributed by atoms with Gasteiger partial charge in [0.2, 0.25) is 0 Å². The molecule has 1 aliphatic rings. The number of aryl methyl sites for hydroxylation is 1. The normalized spacial score (nSPS) is 20.1. The average molecular weight is 231 g/mol. The maximum absolute atomic E-state index is 3.62. The third-order valence-electron chi connectivity index (χ3n) is 3.69. The molecule has 0 aromatic heterocycles. The van der Waals surface area contributed by atoms with Crippen LogP contribution in [0.2, 0.25) is 0 Å². The third kappa shape index (κ3) is 3.57. The van der Waals surface area contributed by atoms with Crippen molar-refractivity contribution in [2.45, 2.75) is 45.4 Å². The minimum Gasteiger partial charge on any atom is -0.316 e.